The van der Waals surface area contributed by atoms with Gasteiger partial charge in [0.05, 0.1) is 6.10 Å². The molecule has 2 fully saturated rings. The highest BCUT2D eigenvalue weighted by Crippen LogP contribution is 2.16. The van der Waals surface area contributed by atoms with Crippen molar-refractivity contribution in [1.82, 2.24) is 10.2 Å². The van der Waals surface area contributed by atoms with Gasteiger partial charge in [-0.25, -0.2) is 0 Å². The Labute approximate surface area is 93.2 Å². The zero-order chi connectivity index (χ0) is 10.5. The normalized spacial score (nSPS) is 34.2. The van der Waals surface area contributed by atoms with Crippen molar-refractivity contribution in [2.45, 2.75) is 44.8 Å². The fraction of sp³-hybridized carbons (Fsp3) is 1.00. The average molecular weight is 212 g/mol. The summed E-state index contributed by atoms with van der Waals surface area (Å²) in [5, 5.41) is 3.53. The molecular formula is C12H24N2O. The Morgan fingerprint density at radius 1 is 1.33 bits per heavy atom. The van der Waals surface area contributed by atoms with Gasteiger partial charge in [0.25, 0.3) is 0 Å². The number of ether oxygens (including phenoxy) is 1. The molecule has 1 N–H and O–H groups in total. The number of hydrogen-bond acceptors (Lipinski definition) is 3. The van der Waals surface area contributed by atoms with E-state index < -0.39 is 0 Å². The minimum atomic E-state index is 0.554. The molecule has 2 aliphatic heterocycles. The van der Waals surface area contributed by atoms with Crippen molar-refractivity contribution in [3.63, 3.8) is 0 Å². The van der Waals surface area contributed by atoms with Gasteiger partial charge >= 0.3 is 0 Å². The molecule has 0 aromatic carbocycles. The Balaban J connectivity index is 1.64. The second-order valence-electron chi connectivity index (χ2n) is 4.91. The van der Waals surface area contributed by atoms with Gasteiger partial charge in [0.1, 0.15) is 0 Å². The highest BCUT2D eigenvalue weighted by Gasteiger charge is 2.18. The average Bonchev–Trinajstić information content (AvgIpc) is 2.66. The fourth-order valence-electron chi connectivity index (χ4n) is 2.48. The van der Waals surface area contributed by atoms with Gasteiger partial charge in [-0.15, -0.1) is 0 Å². The highest BCUT2D eigenvalue weighted by molar-refractivity contribution is 4.73. The lowest BCUT2D eigenvalue weighted by Crippen LogP contribution is -2.31. The first-order valence-electron chi connectivity index (χ1n) is 6.42. The predicted octanol–water partition coefficient (Wildman–Crippen LogP) is 1.24. The highest BCUT2D eigenvalue weighted by atomic mass is 16.5. The van der Waals surface area contributed by atoms with Gasteiger partial charge in [-0.3, -0.25) is 0 Å². The van der Waals surface area contributed by atoms with Crippen molar-refractivity contribution in [3.8, 4) is 0 Å². The fourth-order valence-corrected chi connectivity index (χ4v) is 2.48. The van der Waals surface area contributed by atoms with Crippen LogP contribution in [0.4, 0.5) is 0 Å². The molecular weight excluding hydrogens is 188 g/mol. The van der Waals surface area contributed by atoms with Crippen LogP contribution in [0.25, 0.3) is 0 Å². The summed E-state index contributed by atoms with van der Waals surface area (Å²) in [5.41, 5.74) is 0. The Kier molecular flexibility index (Phi) is 4.42. The van der Waals surface area contributed by atoms with Crippen LogP contribution < -0.4 is 5.32 Å². The standard InChI is InChI=1S/C12H24N2O/c1-11-4-7-14(9-6-13-11)8-5-12-3-2-10-15-12/h11-13H,2-10H2,1H3. The van der Waals surface area contributed by atoms with Crippen LogP contribution in [0.5, 0.6) is 0 Å². The molecule has 2 aliphatic rings. The van der Waals surface area contributed by atoms with E-state index in [1.807, 2.05) is 0 Å². The van der Waals surface area contributed by atoms with Crippen LogP contribution in [-0.2, 0) is 4.74 Å². The van der Waals surface area contributed by atoms with Crippen molar-refractivity contribution in [1.29, 1.82) is 0 Å². The summed E-state index contributed by atoms with van der Waals surface area (Å²) in [6.07, 6.45) is 5.62. The molecule has 0 aromatic heterocycles. The SMILES string of the molecule is CC1CCN(CCC2CCCO2)CCN1. The molecule has 2 rings (SSSR count). The smallest absolute Gasteiger partial charge is 0.0588 e. The molecule has 0 bridgehead atoms. The Bertz CT molecular complexity index is 180. The van der Waals surface area contributed by atoms with E-state index in [-0.39, 0.29) is 0 Å². The molecule has 0 aliphatic carbocycles. The van der Waals surface area contributed by atoms with E-state index in [0.29, 0.717) is 12.1 Å². The summed E-state index contributed by atoms with van der Waals surface area (Å²) in [5.74, 6) is 0. The Hall–Kier alpha value is -0.120. The first kappa shape index (κ1) is 11.4. The van der Waals surface area contributed by atoms with E-state index in [1.54, 1.807) is 0 Å². The third-order valence-corrected chi connectivity index (χ3v) is 3.59. The number of nitrogens with zero attached hydrogens (tertiary/aromatic N) is 1. The van der Waals surface area contributed by atoms with Crippen molar-refractivity contribution in [3.05, 3.63) is 0 Å². The topological polar surface area (TPSA) is 24.5 Å². The summed E-state index contributed by atoms with van der Waals surface area (Å²) in [7, 11) is 0. The molecule has 2 atom stereocenters. The van der Waals surface area contributed by atoms with Crippen LogP contribution in [0.3, 0.4) is 0 Å². The maximum atomic E-state index is 5.65. The molecule has 2 heterocycles. The van der Waals surface area contributed by atoms with E-state index in [4.69, 9.17) is 4.74 Å². The summed E-state index contributed by atoms with van der Waals surface area (Å²) in [6, 6.07) is 0.692. The molecule has 0 amide bonds. The monoisotopic (exact) mass is 212 g/mol. The molecule has 0 saturated carbocycles. The van der Waals surface area contributed by atoms with E-state index in [2.05, 4.69) is 17.1 Å². The minimum Gasteiger partial charge on any atom is -0.378 e. The predicted molar refractivity (Wildman–Crippen MR) is 62.1 cm³/mol. The Morgan fingerprint density at radius 3 is 3.07 bits per heavy atom. The number of nitrogens with one attached hydrogen (secondary N) is 1. The van der Waals surface area contributed by atoms with E-state index in [0.717, 1.165) is 13.2 Å². The molecule has 15 heavy (non-hydrogen) atoms. The van der Waals surface area contributed by atoms with E-state index >= 15 is 0 Å². The quantitative estimate of drug-likeness (QED) is 0.762. The van der Waals surface area contributed by atoms with Crippen LogP contribution in [0, 0.1) is 0 Å². The molecule has 3 nitrogen and oxygen atoms in total. The van der Waals surface area contributed by atoms with Crippen LogP contribution in [0.1, 0.15) is 32.6 Å². The number of rotatable bonds is 3. The Morgan fingerprint density at radius 2 is 2.27 bits per heavy atom. The summed E-state index contributed by atoms with van der Waals surface area (Å²) >= 11 is 0. The van der Waals surface area contributed by atoms with Crippen molar-refractivity contribution >= 4 is 0 Å². The first-order valence-corrected chi connectivity index (χ1v) is 6.42. The van der Waals surface area contributed by atoms with Crippen LogP contribution in [0.2, 0.25) is 0 Å². The molecule has 3 heteroatoms. The summed E-state index contributed by atoms with van der Waals surface area (Å²) < 4.78 is 5.65. The van der Waals surface area contributed by atoms with Crippen LogP contribution in [0.15, 0.2) is 0 Å². The lowest BCUT2D eigenvalue weighted by Gasteiger charge is -2.21. The van der Waals surface area contributed by atoms with Gasteiger partial charge < -0.3 is 15.0 Å². The molecule has 2 unspecified atom stereocenters. The second kappa shape index (κ2) is 5.83. The van der Waals surface area contributed by atoms with E-state index in [9.17, 15) is 0 Å². The maximum Gasteiger partial charge on any atom is 0.0588 e. The third kappa shape index (κ3) is 3.74. The zero-order valence-electron chi connectivity index (χ0n) is 9.87. The van der Waals surface area contributed by atoms with Crippen molar-refractivity contribution in [2.24, 2.45) is 0 Å². The lowest BCUT2D eigenvalue weighted by molar-refractivity contribution is 0.0927. The second-order valence-corrected chi connectivity index (χ2v) is 4.91. The van der Waals surface area contributed by atoms with Crippen LogP contribution in [-0.4, -0.2) is 49.8 Å². The van der Waals surface area contributed by atoms with Gasteiger partial charge in [-0.05, 0) is 39.2 Å². The minimum absolute atomic E-state index is 0.554. The van der Waals surface area contributed by atoms with Crippen molar-refractivity contribution < 1.29 is 4.74 Å². The molecule has 0 spiro atoms. The van der Waals surface area contributed by atoms with Crippen LogP contribution >= 0.6 is 0 Å². The van der Waals surface area contributed by atoms with E-state index in [1.165, 1.54) is 45.3 Å². The first-order chi connectivity index (χ1) is 7.34. The lowest BCUT2D eigenvalue weighted by atomic mass is 10.1. The molecule has 0 aromatic rings. The van der Waals surface area contributed by atoms with Gasteiger partial charge in [0.2, 0.25) is 0 Å². The van der Waals surface area contributed by atoms with Gasteiger partial charge in [0.15, 0.2) is 0 Å². The van der Waals surface area contributed by atoms with Gasteiger partial charge in [-0.2, -0.15) is 0 Å². The van der Waals surface area contributed by atoms with Crippen molar-refractivity contribution in [2.75, 3.05) is 32.8 Å². The molecule has 88 valence electrons. The number of hydrogen-bond donors (Lipinski definition) is 1. The van der Waals surface area contributed by atoms with Gasteiger partial charge in [-0.1, -0.05) is 0 Å². The van der Waals surface area contributed by atoms with Gasteiger partial charge in [0, 0.05) is 32.3 Å². The zero-order valence-corrected chi connectivity index (χ0v) is 9.87. The summed E-state index contributed by atoms with van der Waals surface area (Å²) in [6.45, 7) is 8.09. The third-order valence-electron chi connectivity index (χ3n) is 3.59. The molecule has 2 saturated heterocycles. The maximum absolute atomic E-state index is 5.65. The largest absolute Gasteiger partial charge is 0.378 e. The summed E-state index contributed by atoms with van der Waals surface area (Å²) in [4.78, 5) is 2.58. The molecule has 0 radical (unpaired) electrons.